The average molecular weight is 491 g/mol. The number of aryl methyl sites for hydroxylation is 1. The predicted octanol–water partition coefficient (Wildman–Crippen LogP) is 4.87. The number of carbonyl (C=O) groups excluding carboxylic acids is 1. The van der Waals surface area contributed by atoms with Gasteiger partial charge in [0.1, 0.15) is 16.9 Å². The Kier molecular flexibility index (Phi) is 5.75. The minimum absolute atomic E-state index is 0.00565. The van der Waals surface area contributed by atoms with Crippen LogP contribution >= 0.6 is 11.3 Å². The number of thiophene rings is 1. The zero-order chi connectivity index (χ0) is 24.5. The molecule has 0 aliphatic heterocycles. The van der Waals surface area contributed by atoms with Crippen LogP contribution in [0.25, 0.3) is 15.9 Å². The molecule has 0 atom stereocenters. The molecule has 2 aromatic carbocycles. The number of fused-ring (bicyclic) bond motifs is 1. The third-order valence-corrected chi connectivity index (χ3v) is 5.86. The van der Waals surface area contributed by atoms with E-state index in [1.807, 2.05) is 11.4 Å². The molecular weight excluding hydrogens is 476 g/mol. The highest BCUT2D eigenvalue weighted by molar-refractivity contribution is 7.16. The molecule has 0 saturated carbocycles. The fraction of sp³-hybridized carbons (Fsp3) is 0.0417. The van der Waals surface area contributed by atoms with Crippen LogP contribution in [0.3, 0.4) is 0 Å². The molecule has 0 spiro atoms. The minimum Gasteiger partial charge on any atom is -0.438 e. The first-order chi connectivity index (χ1) is 16.9. The third kappa shape index (κ3) is 4.49. The molecule has 3 aromatic heterocycles. The van der Waals surface area contributed by atoms with Gasteiger partial charge in [-0.25, -0.2) is 18.7 Å². The van der Waals surface area contributed by atoms with Gasteiger partial charge in [-0.15, -0.1) is 11.3 Å². The second-order valence-corrected chi connectivity index (χ2v) is 8.32. The highest BCUT2D eigenvalue weighted by Crippen LogP contribution is 2.30. The van der Waals surface area contributed by atoms with Gasteiger partial charge in [0.05, 0.1) is 11.1 Å². The van der Waals surface area contributed by atoms with E-state index in [1.165, 1.54) is 29.8 Å². The number of nitrogens with zero attached hydrogens (tertiary/aromatic N) is 4. The zero-order valence-electron chi connectivity index (χ0n) is 18.0. The summed E-state index contributed by atoms with van der Waals surface area (Å²) in [5.41, 5.74) is 0.146. The fourth-order valence-electron chi connectivity index (χ4n) is 3.33. The lowest BCUT2D eigenvalue weighted by molar-refractivity contribution is 0.102. The maximum Gasteiger partial charge on any atom is 0.276 e. The summed E-state index contributed by atoms with van der Waals surface area (Å²) >= 11 is 1.48. The van der Waals surface area contributed by atoms with E-state index < -0.39 is 23.1 Å². The van der Waals surface area contributed by atoms with Crippen LogP contribution in [0, 0.1) is 18.6 Å². The van der Waals surface area contributed by atoms with Crippen LogP contribution in [-0.4, -0.2) is 25.7 Å². The molecule has 0 aliphatic rings. The Bertz CT molecular complexity index is 1630. The van der Waals surface area contributed by atoms with Crippen molar-refractivity contribution in [2.24, 2.45) is 0 Å². The number of hydrogen-bond donors (Lipinski definition) is 1. The average Bonchev–Trinajstić information content (AvgIpc) is 3.32. The summed E-state index contributed by atoms with van der Waals surface area (Å²) < 4.78 is 33.6. The Hall–Kier alpha value is -4.51. The van der Waals surface area contributed by atoms with E-state index in [4.69, 9.17) is 4.74 Å². The standard InChI is InChI=1S/C24H15F2N5O3S/c1-13-10-20(32)31(15-4-7-18(25)19(26)11-15)30-21(13)22(33)29-14-2-5-16(6-3-14)34-23-17-8-9-35-24(17)28-12-27-23/h2-12H,1H3,(H,29,33). The lowest BCUT2D eigenvalue weighted by Gasteiger charge is -2.11. The molecule has 11 heteroatoms. The third-order valence-electron chi connectivity index (χ3n) is 5.04. The largest absolute Gasteiger partial charge is 0.438 e. The van der Waals surface area contributed by atoms with Crippen molar-refractivity contribution in [2.75, 3.05) is 5.32 Å². The molecule has 0 saturated heterocycles. The van der Waals surface area contributed by atoms with Gasteiger partial charge in [0.15, 0.2) is 17.3 Å². The number of halogens is 2. The van der Waals surface area contributed by atoms with E-state index in [0.29, 0.717) is 22.9 Å². The maximum atomic E-state index is 13.6. The molecule has 0 radical (unpaired) electrons. The van der Waals surface area contributed by atoms with Gasteiger partial charge < -0.3 is 10.1 Å². The highest BCUT2D eigenvalue weighted by atomic mass is 32.1. The van der Waals surface area contributed by atoms with Crippen LogP contribution in [0.4, 0.5) is 14.5 Å². The van der Waals surface area contributed by atoms with Crippen molar-refractivity contribution < 1.29 is 18.3 Å². The number of hydrogen-bond acceptors (Lipinski definition) is 7. The molecule has 1 N–H and O–H groups in total. The molecule has 5 rings (SSSR count). The van der Waals surface area contributed by atoms with E-state index >= 15 is 0 Å². The smallest absolute Gasteiger partial charge is 0.276 e. The number of anilines is 1. The van der Waals surface area contributed by atoms with Crippen molar-refractivity contribution in [3.63, 3.8) is 0 Å². The maximum absolute atomic E-state index is 13.6. The van der Waals surface area contributed by atoms with Crippen molar-refractivity contribution in [2.45, 2.75) is 6.92 Å². The topological polar surface area (TPSA) is 99.0 Å². The summed E-state index contributed by atoms with van der Waals surface area (Å²) in [6, 6.07) is 12.6. The van der Waals surface area contributed by atoms with E-state index in [9.17, 15) is 18.4 Å². The normalized spacial score (nSPS) is 10.9. The summed E-state index contributed by atoms with van der Waals surface area (Å²) in [6.45, 7) is 1.56. The summed E-state index contributed by atoms with van der Waals surface area (Å²) in [5, 5.41) is 9.47. The van der Waals surface area contributed by atoms with Crippen LogP contribution in [-0.2, 0) is 0 Å². The van der Waals surface area contributed by atoms with E-state index in [2.05, 4.69) is 20.4 Å². The lowest BCUT2D eigenvalue weighted by Crippen LogP contribution is -2.26. The van der Waals surface area contributed by atoms with Gasteiger partial charge in [0.25, 0.3) is 11.5 Å². The predicted molar refractivity (Wildman–Crippen MR) is 126 cm³/mol. The van der Waals surface area contributed by atoms with E-state index in [0.717, 1.165) is 27.0 Å². The number of amides is 1. The summed E-state index contributed by atoms with van der Waals surface area (Å²) in [4.78, 5) is 34.4. The molecule has 0 unspecified atom stereocenters. The van der Waals surface area contributed by atoms with Gasteiger partial charge in [0.2, 0.25) is 5.88 Å². The molecule has 5 aromatic rings. The quantitative estimate of drug-likeness (QED) is 0.377. The molecule has 8 nitrogen and oxygen atoms in total. The van der Waals surface area contributed by atoms with Crippen LogP contribution in [0.5, 0.6) is 11.6 Å². The first kappa shape index (κ1) is 22.3. The van der Waals surface area contributed by atoms with Gasteiger partial charge in [-0.3, -0.25) is 9.59 Å². The van der Waals surface area contributed by atoms with Gasteiger partial charge >= 0.3 is 0 Å². The van der Waals surface area contributed by atoms with Crippen LogP contribution in [0.15, 0.2) is 71.1 Å². The molecule has 0 aliphatic carbocycles. The Morgan fingerprint density at radius 3 is 2.60 bits per heavy atom. The highest BCUT2D eigenvalue weighted by Gasteiger charge is 2.16. The first-order valence-corrected chi connectivity index (χ1v) is 11.1. The van der Waals surface area contributed by atoms with Crippen molar-refractivity contribution >= 4 is 33.1 Å². The number of nitrogens with one attached hydrogen (secondary N) is 1. The van der Waals surface area contributed by atoms with Gasteiger partial charge in [-0.05, 0) is 60.3 Å². The van der Waals surface area contributed by atoms with Crippen LogP contribution in [0.2, 0.25) is 0 Å². The summed E-state index contributed by atoms with van der Waals surface area (Å²) in [7, 11) is 0. The van der Waals surface area contributed by atoms with Gasteiger partial charge in [-0.2, -0.15) is 9.78 Å². The van der Waals surface area contributed by atoms with Crippen LogP contribution in [0.1, 0.15) is 16.1 Å². The second kappa shape index (κ2) is 9.03. The van der Waals surface area contributed by atoms with Crippen molar-refractivity contribution in [3.8, 4) is 17.3 Å². The summed E-state index contributed by atoms with van der Waals surface area (Å²) in [6.07, 6.45) is 1.43. The monoisotopic (exact) mass is 491 g/mol. The van der Waals surface area contributed by atoms with Gasteiger partial charge in [0, 0.05) is 17.8 Å². The lowest BCUT2D eigenvalue weighted by atomic mass is 10.2. The number of carbonyl (C=O) groups is 1. The Morgan fingerprint density at radius 1 is 1.03 bits per heavy atom. The van der Waals surface area contributed by atoms with Crippen molar-refractivity contribution in [1.29, 1.82) is 0 Å². The Balaban J connectivity index is 1.36. The number of benzene rings is 2. The number of rotatable bonds is 5. The molecule has 35 heavy (non-hydrogen) atoms. The Morgan fingerprint density at radius 2 is 1.83 bits per heavy atom. The SMILES string of the molecule is Cc1cc(=O)n(-c2ccc(F)c(F)c2)nc1C(=O)Nc1ccc(Oc2ncnc3sccc23)cc1. The number of aromatic nitrogens is 4. The molecule has 174 valence electrons. The molecule has 0 fully saturated rings. The first-order valence-electron chi connectivity index (χ1n) is 10.2. The molecule has 1 amide bonds. The van der Waals surface area contributed by atoms with Crippen LogP contribution < -0.4 is 15.6 Å². The zero-order valence-corrected chi connectivity index (χ0v) is 18.8. The summed E-state index contributed by atoms with van der Waals surface area (Å²) in [5.74, 6) is -1.84. The minimum atomic E-state index is -1.13. The van der Waals surface area contributed by atoms with Crippen molar-refractivity contribution in [3.05, 3.63) is 99.6 Å². The number of ether oxygens (including phenoxy) is 1. The fourth-order valence-corrected chi connectivity index (χ4v) is 4.05. The molecule has 3 heterocycles. The molecular formula is C24H15F2N5O3S. The van der Waals surface area contributed by atoms with Gasteiger partial charge in [-0.1, -0.05) is 0 Å². The molecule has 0 bridgehead atoms. The van der Waals surface area contributed by atoms with E-state index in [1.54, 1.807) is 31.2 Å². The Labute approximate surface area is 200 Å². The second-order valence-electron chi connectivity index (χ2n) is 7.42. The van der Waals surface area contributed by atoms with E-state index in [-0.39, 0.29) is 11.4 Å². The van der Waals surface area contributed by atoms with Crippen molar-refractivity contribution in [1.82, 2.24) is 19.7 Å².